The second kappa shape index (κ2) is 8.26. The highest BCUT2D eigenvalue weighted by molar-refractivity contribution is 4.82. The molecule has 0 aliphatic rings. The molecule has 0 aromatic heterocycles. The first-order valence-electron chi connectivity index (χ1n) is 8.09. The van der Waals surface area contributed by atoms with Gasteiger partial charge in [-0.2, -0.15) is 0 Å². The van der Waals surface area contributed by atoms with Crippen LogP contribution in [0.1, 0.15) is 74.7 Å². The normalized spacial score (nSPS) is 16.4. The van der Waals surface area contributed by atoms with Crippen LogP contribution >= 0.6 is 0 Å². The summed E-state index contributed by atoms with van der Waals surface area (Å²) in [5, 5.41) is 7.41. The third kappa shape index (κ3) is 9.45. The van der Waals surface area contributed by atoms with E-state index in [0.29, 0.717) is 11.5 Å². The van der Waals surface area contributed by atoms with Crippen LogP contribution in [-0.2, 0) is 0 Å². The molecule has 2 nitrogen and oxygen atoms in total. The number of rotatable bonds is 9. The molecule has 2 atom stereocenters. The molecular formula is C17H38N2. The summed E-state index contributed by atoms with van der Waals surface area (Å²) in [5.41, 5.74) is 0.504. The van der Waals surface area contributed by atoms with Gasteiger partial charge >= 0.3 is 0 Å². The van der Waals surface area contributed by atoms with E-state index in [-0.39, 0.29) is 5.54 Å². The van der Waals surface area contributed by atoms with Crippen molar-refractivity contribution in [3.05, 3.63) is 0 Å². The summed E-state index contributed by atoms with van der Waals surface area (Å²) >= 11 is 0. The minimum atomic E-state index is 0.205. The van der Waals surface area contributed by atoms with Crippen LogP contribution in [0.4, 0.5) is 0 Å². The molecule has 0 amide bonds. The summed E-state index contributed by atoms with van der Waals surface area (Å²) < 4.78 is 0. The van der Waals surface area contributed by atoms with E-state index >= 15 is 0 Å². The Labute approximate surface area is 122 Å². The van der Waals surface area contributed by atoms with Crippen molar-refractivity contribution in [2.75, 3.05) is 13.1 Å². The molecule has 0 rings (SSSR count). The van der Waals surface area contributed by atoms with Crippen molar-refractivity contribution in [1.82, 2.24) is 10.6 Å². The first-order chi connectivity index (χ1) is 8.61. The van der Waals surface area contributed by atoms with E-state index in [1.165, 1.54) is 19.3 Å². The van der Waals surface area contributed by atoms with Gasteiger partial charge in [-0.3, -0.25) is 0 Å². The standard InChI is InChI=1S/C17H38N2/c1-9-11-14(3)15(10-2)18-12-17(7,8)13-19-16(4,5)6/h14-15,18-19H,9-13H2,1-8H3. The zero-order chi connectivity index (χ0) is 15.1. The van der Waals surface area contributed by atoms with Gasteiger partial charge in [-0.1, -0.05) is 41.0 Å². The molecule has 0 radical (unpaired) electrons. The highest BCUT2D eigenvalue weighted by atomic mass is 15.0. The summed E-state index contributed by atoms with van der Waals surface area (Å²) in [6, 6.07) is 0.661. The summed E-state index contributed by atoms with van der Waals surface area (Å²) in [4.78, 5) is 0. The van der Waals surface area contributed by atoms with Crippen LogP contribution in [-0.4, -0.2) is 24.7 Å². The van der Waals surface area contributed by atoms with E-state index < -0.39 is 0 Å². The van der Waals surface area contributed by atoms with E-state index in [2.05, 4.69) is 66.0 Å². The van der Waals surface area contributed by atoms with Crippen molar-refractivity contribution in [1.29, 1.82) is 0 Å². The lowest BCUT2D eigenvalue weighted by Gasteiger charge is -2.33. The fourth-order valence-corrected chi connectivity index (χ4v) is 2.38. The average molecular weight is 271 g/mol. The molecule has 0 saturated carbocycles. The van der Waals surface area contributed by atoms with Gasteiger partial charge in [-0.25, -0.2) is 0 Å². The van der Waals surface area contributed by atoms with Gasteiger partial charge in [0, 0.05) is 24.7 Å². The zero-order valence-corrected chi connectivity index (χ0v) is 14.7. The first kappa shape index (κ1) is 18.9. The Balaban J connectivity index is 4.19. The van der Waals surface area contributed by atoms with Crippen LogP contribution in [0.5, 0.6) is 0 Å². The minimum absolute atomic E-state index is 0.205. The Hall–Kier alpha value is -0.0800. The largest absolute Gasteiger partial charge is 0.313 e. The molecule has 0 bridgehead atoms. The van der Waals surface area contributed by atoms with Crippen molar-refractivity contribution in [3.8, 4) is 0 Å². The smallest absolute Gasteiger partial charge is 0.00967 e. The minimum Gasteiger partial charge on any atom is -0.313 e. The van der Waals surface area contributed by atoms with Gasteiger partial charge in [0.05, 0.1) is 0 Å². The Morgan fingerprint density at radius 2 is 1.53 bits per heavy atom. The molecule has 0 aliphatic heterocycles. The van der Waals surface area contributed by atoms with Crippen LogP contribution in [0.25, 0.3) is 0 Å². The molecule has 19 heavy (non-hydrogen) atoms. The van der Waals surface area contributed by atoms with E-state index in [4.69, 9.17) is 0 Å². The topological polar surface area (TPSA) is 24.1 Å². The Bertz CT molecular complexity index is 228. The van der Waals surface area contributed by atoms with Gasteiger partial charge in [0.2, 0.25) is 0 Å². The van der Waals surface area contributed by atoms with Crippen LogP contribution < -0.4 is 10.6 Å². The highest BCUT2D eigenvalue weighted by Crippen LogP contribution is 2.18. The third-order valence-electron chi connectivity index (χ3n) is 3.81. The molecular weight excluding hydrogens is 232 g/mol. The molecule has 0 aliphatic carbocycles. The second-order valence-electron chi connectivity index (χ2n) is 7.93. The SMILES string of the molecule is CCCC(C)C(CC)NCC(C)(C)CNC(C)(C)C. The van der Waals surface area contributed by atoms with E-state index in [0.717, 1.165) is 19.0 Å². The highest BCUT2D eigenvalue weighted by Gasteiger charge is 2.23. The molecule has 2 N–H and O–H groups in total. The molecule has 0 heterocycles. The van der Waals surface area contributed by atoms with Crippen molar-refractivity contribution < 1.29 is 0 Å². The Morgan fingerprint density at radius 1 is 0.947 bits per heavy atom. The zero-order valence-electron chi connectivity index (χ0n) is 14.7. The van der Waals surface area contributed by atoms with Gasteiger partial charge in [-0.05, 0) is 44.9 Å². The lowest BCUT2D eigenvalue weighted by Crippen LogP contribution is -2.47. The van der Waals surface area contributed by atoms with Crippen molar-refractivity contribution in [2.45, 2.75) is 86.2 Å². The fourth-order valence-electron chi connectivity index (χ4n) is 2.38. The summed E-state index contributed by atoms with van der Waals surface area (Å²) in [6.07, 6.45) is 3.84. The summed E-state index contributed by atoms with van der Waals surface area (Å²) in [7, 11) is 0. The maximum atomic E-state index is 3.79. The molecule has 0 spiro atoms. The lowest BCUT2D eigenvalue weighted by molar-refractivity contribution is 0.246. The summed E-state index contributed by atoms with van der Waals surface area (Å²) in [5.74, 6) is 0.779. The van der Waals surface area contributed by atoms with Crippen LogP contribution in [0.3, 0.4) is 0 Å². The molecule has 2 heteroatoms. The Morgan fingerprint density at radius 3 is 1.95 bits per heavy atom. The van der Waals surface area contributed by atoms with Crippen molar-refractivity contribution >= 4 is 0 Å². The van der Waals surface area contributed by atoms with Crippen LogP contribution in [0.2, 0.25) is 0 Å². The number of hydrogen-bond acceptors (Lipinski definition) is 2. The maximum Gasteiger partial charge on any atom is 0.00967 e. The molecule has 0 aromatic carbocycles. The predicted octanol–water partition coefficient (Wildman–Crippen LogP) is 4.21. The maximum absolute atomic E-state index is 3.79. The average Bonchev–Trinajstić information content (AvgIpc) is 2.27. The third-order valence-corrected chi connectivity index (χ3v) is 3.81. The van der Waals surface area contributed by atoms with Gasteiger partial charge < -0.3 is 10.6 Å². The van der Waals surface area contributed by atoms with Crippen molar-refractivity contribution in [3.63, 3.8) is 0 Å². The quantitative estimate of drug-likeness (QED) is 0.656. The monoisotopic (exact) mass is 270 g/mol. The van der Waals surface area contributed by atoms with E-state index in [9.17, 15) is 0 Å². The number of hydrogen-bond donors (Lipinski definition) is 2. The van der Waals surface area contributed by atoms with Crippen LogP contribution in [0.15, 0.2) is 0 Å². The molecule has 0 saturated heterocycles. The van der Waals surface area contributed by atoms with Gasteiger partial charge in [0.1, 0.15) is 0 Å². The van der Waals surface area contributed by atoms with E-state index in [1.807, 2.05) is 0 Å². The van der Waals surface area contributed by atoms with Gasteiger partial charge in [0.15, 0.2) is 0 Å². The van der Waals surface area contributed by atoms with E-state index in [1.54, 1.807) is 0 Å². The number of nitrogens with one attached hydrogen (secondary N) is 2. The lowest BCUT2D eigenvalue weighted by atomic mass is 9.89. The van der Waals surface area contributed by atoms with Gasteiger partial charge in [-0.15, -0.1) is 0 Å². The Kier molecular flexibility index (Phi) is 8.23. The van der Waals surface area contributed by atoms with Crippen molar-refractivity contribution in [2.24, 2.45) is 11.3 Å². The predicted molar refractivity (Wildman–Crippen MR) is 87.7 cm³/mol. The molecule has 2 unspecified atom stereocenters. The first-order valence-corrected chi connectivity index (χ1v) is 8.09. The van der Waals surface area contributed by atoms with Gasteiger partial charge in [0.25, 0.3) is 0 Å². The summed E-state index contributed by atoms with van der Waals surface area (Å²) in [6.45, 7) is 20.5. The second-order valence-corrected chi connectivity index (χ2v) is 7.93. The molecule has 0 fully saturated rings. The van der Waals surface area contributed by atoms with Crippen LogP contribution in [0, 0.1) is 11.3 Å². The fraction of sp³-hybridized carbons (Fsp3) is 1.00. The molecule has 116 valence electrons. The molecule has 0 aromatic rings.